The minimum absolute atomic E-state index is 0.116. The maximum absolute atomic E-state index is 6.46. The molecule has 1 aromatic rings. The van der Waals surface area contributed by atoms with Crippen molar-refractivity contribution >= 4 is 11.6 Å². The number of halogens is 1. The Kier molecular flexibility index (Phi) is 5.68. The van der Waals surface area contributed by atoms with E-state index in [0.717, 1.165) is 18.6 Å². The number of hydrogen-bond donors (Lipinski definition) is 0. The van der Waals surface area contributed by atoms with E-state index in [4.69, 9.17) is 16.3 Å². The third kappa shape index (κ3) is 3.41. The van der Waals surface area contributed by atoms with Crippen LogP contribution in [0.15, 0.2) is 24.3 Å². The Morgan fingerprint density at radius 1 is 1.06 bits per heavy atom. The Morgan fingerprint density at radius 2 is 1.62 bits per heavy atom. The van der Waals surface area contributed by atoms with Crippen LogP contribution in [0.2, 0.25) is 0 Å². The van der Waals surface area contributed by atoms with E-state index in [-0.39, 0.29) is 5.38 Å². The van der Waals surface area contributed by atoms with Gasteiger partial charge in [0.1, 0.15) is 5.75 Å². The summed E-state index contributed by atoms with van der Waals surface area (Å²) in [5.41, 5.74) is 1.19. The fourth-order valence-electron chi connectivity index (χ4n) is 1.89. The molecule has 0 aromatic heterocycles. The van der Waals surface area contributed by atoms with Gasteiger partial charge in [-0.25, -0.2) is 0 Å². The van der Waals surface area contributed by atoms with Crippen LogP contribution in [0, 0.1) is 5.92 Å². The van der Waals surface area contributed by atoms with Crippen molar-refractivity contribution in [3.05, 3.63) is 29.8 Å². The molecule has 0 amide bonds. The van der Waals surface area contributed by atoms with Crippen LogP contribution in [0.25, 0.3) is 0 Å². The molecule has 1 unspecified atom stereocenters. The molecule has 0 fully saturated rings. The Morgan fingerprint density at radius 3 is 2.06 bits per heavy atom. The zero-order chi connectivity index (χ0) is 12.0. The molecule has 2 heteroatoms. The van der Waals surface area contributed by atoms with Gasteiger partial charge in [0.2, 0.25) is 0 Å². The second-order valence-electron chi connectivity index (χ2n) is 3.98. The first-order valence-corrected chi connectivity index (χ1v) is 6.53. The smallest absolute Gasteiger partial charge is 0.119 e. The lowest BCUT2D eigenvalue weighted by Gasteiger charge is -2.19. The van der Waals surface area contributed by atoms with Gasteiger partial charge in [0.25, 0.3) is 0 Å². The van der Waals surface area contributed by atoms with Crippen LogP contribution in [0.1, 0.15) is 44.6 Å². The van der Waals surface area contributed by atoms with Crippen LogP contribution < -0.4 is 4.74 Å². The van der Waals surface area contributed by atoms with E-state index in [2.05, 4.69) is 26.0 Å². The Bertz CT molecular complexity index is 290. The van der Waals surface area contributed by atoms with Gasteiger partial charge < -0.3 is 4.74 Å². The first-order chi connectivity index (χ1) is 7.72. The van der Waals surface area contributed by atoms with Crippen LogP contribution in [-0.4, -0.2) is 6.61 Å². The van der Waals surface area contributed by atoms with E-state index in [0.29, 0.717) is 12.5 Å². The van der Waals surface area contributed by atoms with Crippen molar-refractivity contribution in [1.82, 2.24) is 0 Å². The number of benzene rings is 1. The number of ether oxygens (including phenoxy) is 1. The standard InChI is InChI=1S/C14H21ClO/c1-4-11(5-2)14(15)12-7-9-13(10-8-12)16-6-3/h7-11,14H,4-6H2,1-3H3. The molecular weight excluding hydrogens is 220 g/mol. The van der Waals surface area contributed by atoms with E-state index < -0.39 is 0 Å². The van der Waals surface area contributed by atoms with Crippen molar-refractivity contribution in [1.29, 1.82) is 0 Å². The van der Waals surface area contributed by atoms with Gasteiger partial charge in [-0.05, 0) is 30.5 Å². The van der Waals surface area contributed by atoms with Crippen molar-refractivity contribution in [2.24, 2.45) is 5.92 Å². The normalized spacial score (nSPS) is 12.8. The van der Waals surface area contributed by atoms with Crippen molar-refractivity contribution in [2.75, 3.05) is 6.61 Å². The molecule has 0 saturated carbocycles. The summed E-state index contributed by atoms with van der Waals surface area (Å²) in [6.45, 7) is 7.08. The molecule has 1 aromatic carbocycles. The van der Waals surface area contributed by atoms with E-state index in [1.54, 1.807) is 0 Å². The predicted octanol–water partition coefficient (Wildman–Crippen LogP) is 4.80. The Hall–Kier alpha value is -0.690. The highest BCUT2D eigenvalue weighted by molar-refractivity contribution is 6.21. The maximum Gasteiger partial charge on any atom is 0.119 e. The summed E-state index contributed by atoms with van der Waals surface area (Å²) in [4.78, 5) is 0. The summed E-state index contributed by atoms with van der Waals surface area (Å²) in [6, 6.07) is 8.13. The summed E-state index contributed by atoms with van der Waals surface area (Å²) in [5.74, 6) is 1.47. The van der Waals surface area contributed by atoms with Crippen LogP contribution in [-0.2, 0) is 0 Å². The van der Waals surface area contributed by atoms with Gasteiger partial charge in [-0.15, -0.1) is 11.6 Å². The van der Waals surface area contributed by atoms with Crippen molar-refractivity contribution in [3.63, 3.8) is 0 Å². The van der Waals surface area contributed by atoms with Gasteiger partial charge in [0.05, 0.1) is 12.0 Å². The molecule has 0 heterocycles. The van der Waals surface area contributed by atoms with Gasteiger partial charge in [-0.1, -0.05) is 38.8 Å². The molecule has 0 aliphatic carbocycles. The average Bonchev–Trinajstić information content (AvgIpc) is 2.32. The van der Waals surface area contributed by atoms with Gasteiger partial charge in [-0.2, -0.15) is 0 Å². The Labute approximate surface area is 104 Å². The molecule has 0 saturated heterocycles. The molecule has 0 bridgehead atoms. The maximum atomic E-state index is 6.46. The first kappa shape index (κ1) is 13.4. The molecule has 90 valence electrons. The average molecular weight is 241 g/mol. The van der Waals surface area contributed by atoms with Gasteiger partial charge >= 0.3 is 0 Å². The minimum atomic E-state index is 0.116. The first-order valence-electron chi connectivity index (χ1n) is 6.09. The zero-order valence-corrected chi connectivity index (χ0v) is 11.1. The zero-order valence-electron chi connectivity index (χ0n) is 10.4. The van der Waals surface area contributed by atoms with Crippen LogP contribution in [0.3, 0.4) is 0 Å². The fourth-order valence-corrected chi connectivity index (χ4v) is 2.39. The van der Waals surface area contributed by atoms with Crippen molar-refractivity contribution < 1.29 is 4.74 Å². The van der Waals surface area contributed by atoms with E-state index in [9.17, 15) is 0 Å². The molecule has 0 aliphatic heterocycles. The van der Waals surface area contributed by atoms with Gasteiger partial charge in [0, 0.05) is 0 Å². The topological polar surface area (TPSA) is 9.23 Å². The van der Waals surface area contributed by atoms with E-state index in [1.807, 2.05) is 19.1 Å². The van der Waals surface area contributed by atoms with Crippen molar-refractivity contribution in [3.8, 4) is 5.75 Å². The minimum Gasteiger partial charge on any atom is -0.494 e. The van der Waals surface area contributed by atoms with Crippen LogP contribution in [0.4, 0.5) is 0 Å². The third-order valence-electron chi connectivity index (χ3n) is 2.97. The number of rotatable bonds is 6. The van der Waals surface area contributed by atoms with Crippen molar-refractivity contribution in [2.45, 2.75) is 39.0 Å². The number of alkyl halides is 1. The lowest BCUT2D eigenvalue weighted by molar-refractivity contribution is 0.340. The van der Waals surface area contributed by atoms with Gasteiger partial charge in [-0.3, -0.25) is 0 Å². The summed E-state index contributed by atoms with van der Waals surface area (Å²) < 4.78 is 5.41. The third-order valence-corrected chi connectivity index (χ3v) is 3.58. The molecule has 1 rings (SSSR count). The lowest BCUT2D eigenvalue weighted by Crippen LogP contribution is -2.05. The molecule has 1 atom stereocenters. The molecule has 16 heavy (non-hydrogen) atoms. The molecular formula is C14H21ClO. The highest BCUT2D eigenvalue weighted by Crippen LogP contribution is 2.33. The molecule has 0 aliphatic rings. The lowest BCUT2D eigenvalue weighted by atomic mass is 9.94. The highest BCUT2D eigenvalue weighted by Gasteiger charge is 2.17. The van der Waals surface area contributed by atoms with E-state index in [1.165, 1.54) is 5.56 Å². The fraction of sp³-hybridized carbons (Fsp3) is 0.571. The SMILES string of the molecule is CCOc1ccc(C(Cl)C(CC)CC)cc1. The second-order valence-corrected chi connectivity index (χ2v) is 4.45. The summed E-state index contributed by atoms with van der Waals surface area (Å²) in [7, 11) is 0. The van der Waals surface area contributed by atoms with E-state index >= 15 is 0 Å². The number of hydrogen-bond acceptors (Lipinski definition) is 1. The summed E-state index contributed by atoms with van der Waals surface area (Å²) in [6.07, 6.45) is 2.25. The monoisotopic (exact) mass is 240 g/mol. The summed E-state index contributed by atoms with van der Waals surface area (Å²) in [5, 5.41) is 0.116. The quantitative estimate of drug-likeness (QED) is 0.649. The van der Waals surface area contributed by atoms with Crippen LogP contribution in [0.5, 0.6) is 5.75 Å². The van der Waals surface area contributed by atoms with Gasteiger partial charge in [0.15, 0.2) is 0 Å². The highest BCUT2D eigenvalue weighted by atomic mass is 35.5. The molecule has 0 spiro atoms. The van der Waals surface area contributed by atoms with Crippen LogP contribution >= 0.6 is 11.6 Å². The molecule has 0 radical (unpaired) electrons. The Balaban J connectivity index is 2.72. The molecule has 1 nitrogen and oxygen atoms in total. The summed E-state index contributed by atoms with van der Waals surface area (Å²) >= 11 is 6.46. The largest absolute Gasteiger partial charge is 0.494 e. The predicted molar refractivity (Wildman–Crippen MR) is 70.3 cm³/mol. The second kappa shape index (κ2) is 6.80. The molecule has 0 N–H and O–H groups in total.